The molecule has 0 aromatic carbocycles. The number of rotatable bonds is 4. The summed E-state index contributed by atoms with van der Waals surface area (Å²) in [5.41, 5.74) is 0.566. The lowest BCUT2D eigenvalue weighted by Crippen LogP contribution is -2.46. The molecule has 6 nitrogen and oxygen atoms in total. The van der Waals surface area contributed by atoms with Crippen molar-refractivity contribution in [3.05, 3.63) is 23.9 Å². The second kappa shape index (κ2) is 7.63. The highest BCUT2D eigenvalue weighted by molar-refractivity contribution is 5.79. The molecule has 2 aliphatic rings. The molecule has 3 rings (SSSR count). The third-order valence-electron chi connectivity index (χ3n) is 4.96. The molecule has 0 unspecified atom stereocenters. The van der Waals surface area contributed by atoms with Gasteiger partial charge in [-0.2, -0.15) is 5.26 Å². The largest absolute Gasteiger partial charge is 0.376 e. The van der Waals surface area contributed by atoms with Crippen LogP contribution in [0, 0.1) is 17.2 Å². The topological polar surface area (TPSA) is 78.3 Å². The number of nitriles is 1. The minimum absolute atomic E-state index is 0.0588. The maximum Gasteiger partial charge on any atom is 0.223 e. The number of carbonyl (C=O) groups excluding carboxylic acids is 1. The third-order valence-corrected chi connectivity index (χ3v) is 4.96. The van der Waals surface area contributed by atoms with Gasteiger partial charge in [-0.1, -0.05) is 0 Å². The number of hydrogen-bond donors (Lipinski definition) is 1. The molecule has 0 aliphatic carbocycles. The molecule has 2 atom stereocenters. The molecule has 128 valence electrons. The Bertz CT molecular complexity index is 596. The van der Waals surface area contributed by atoms with E-state index >= 15 is 0 Å². The molecular weight excluding hydrogens is 304 g/mol. The summed E-state index contributed by atoms with van der Waals surface area (Å²) in [5, 5.41) is 12.0. The lowest BCUT2D eigenvalue weighted by atomic mass is 9.95. The van der Waals surface area contributed by atoms with Crippen LogP contribution in [0.4, 0.5) is 5.82 Å². The van der Waals surface area contributed by atoms with E-state index in [2.05, 4.69) is 21.3 Å². The number of aromatic nitrogens is 1. The standard InChI is InChI=1S/C18H24N4O2/c1-13(16-3-2-10-24-16)21-18(23)15-6-8-22(9-7-15)17-5-4-14(11-19)12-20-17/h4-5,12-13,15-16H,2-3,6-10H2,1H3,(H,21,23)/t13-,16+/m1/s1. The quantitative estimate of drug-likeness (QED) is 0.912. The van der Waals surface area contributed by atoms with Crippen LogP contribution in [0.15, 0.2) is 18.3 Å². The van der Waals surface area contributed by atoms with Crippen LogP contribution in [-0.2, 0) is 9.53 Å². The fourth-order valence-corrected chi connectivity index (χ4v) is 3.44. The van der Waals surface area contributed by atoms with E-state index in [0.29, 0.717) is 5.56 Å². The maximum atomic E-state index is 12.5. The molecule has 0 radical (unpaired) electrons. The van der Waals surface area contributed by atoms with Crippen LogP contribution in [0.25, 0.3) is 0 Å². The maximum absolute atomic E-state index is 12.5. The van der Waals surface area contributed by atoms with Gasteiger partial charge in [0.05, 0.1) is 17.7 Å². The van der Waals surface area contributed by atoms with Crippen LogP contribution in [0.1, 0.15) is 38.2 Å². The molecule has 1 aromatic rings. The minimum Gasteiger partial charge on any atom is -0.376 e. The average Bonchev–Trinajstić information content (AvgIpc) is 3.17. The molecule has 3 heterocycles. The summed E-state index contributed by atoms with van der Waals surface area (Å²) < 4.78 is 5.64. The van der Waals surface area contributed by atoms with Crippen molar-refractivity contribution >= 4 is 11.7 Å². The average molecular weight is 328 g/mol. The van der Waals surface area contributed by atoms with Crippen molar-refractivity contribution in [2.75, 3.05) is 24.6 Å². The van der Waals surface area contributed by atoms with E-state index < -0.39 is 0 Å². The van der Waals surface area contributed by atoms with Crippen LogP contribution in [0.3, 0.4) is 0 Å². The Labute approximate surface area is 142 Å². The highest BCUT2D eigenvalue weighted by Gasteiger charge is 2.29. The summed E-state index contributed by atoms with van der Waals surface area (Å²) in [4.78, 5) is 19.0. The van der Waals surface area contributed by atoms with Gasteiger partial charge in [0.2, 0.25) is 5.91 Å². The molecule has 1 aromatic heterocycles. The van der Waals surface area contributed by atoms with Gasteiger partial charge < -0.3 is 15.0 Å². The number of piperidine rings is 1. The summed E-state index contributed by atoms with van der Waals surface area (Å²) in [6.45, 7) is 4.46. The number of pyridine rings is 1. The molecule has 2 aliphatic heterocycles. The van der Waals surface area contributed by atoms with Gasteiger partial charge in [-0.3, -0.25) is 4.79 Å². The number of hydrogen-bond acceptors (Lipinski definition) is 5. The Morgan fingerprint density at radius 2 is 2.21 bits per heavy atom. The van der Waals surface area contributed by atoms with Gasteiger partial charge in [0.1, 0.15) is 11.9 Å². The number of anilines is 1. The highest BCUT2D eigenvalue weighted by Crippen LogP contribution is 2.23. The fourth-order valence-electron chi connectivity index (χ4n) is 3.44. The van der Waals surface area contributed by atoms with Crippen LogP contribution in [0.5, 0.6) is 0 Å². The van der Waals surface area contributed by atoms with Gasteiger partial charge in [0.15, 0.2) is 0 Å². The van der Waals surface area contributed by atoms with Crippen LogP contribution < -0.4 is 10.2 Å². The molecule has 2 fully saturated rings. The molecule has 0 saturated carbocycles. The monoisotopic (exact) mass is 328 g/mol. The Kier molecular flexibility index (Phi) is 5.31. The van der Waals surface area contributed by atoms with E-state index in [1.165, 1.54) is 0 Å². The number of nitrogens with zero attached hydrogens (tertiary/aromatic N) is 3. The van der Waals surface area contributed by atoms with Crippen molar-refractivity contribution in [1.82, 2.24) is 10.3 Å². The van der Waals surface area contributed by atoms with Crippen molar-refractivity contribution in [3.8, 4) is 6.07 Å². The summed E-state index contributed by atoms with van der Waals surface area (Å²) in [6.07, 6.45) is 5.52. The molecule has 1 amide bonds. The Morgan fingerprint density at radius 3 is 2.79 bits per heavy atom. The van der Waals surface area contributed by atoms with Gasteiger partial charge in [0, 0.05) is 31.8 Å². The van der Waals surface area contributed by atoms with Crippen molar-refractivity contribution in [3.63, 3.8) is 0 Å². The zero-order valence-corrected chi connectivity index (χ0v) is 14.1. The third kappa shape index (κ3) is 3.85. The molecule has 0 spiro atoms. The fraction of sp³-hybridized carbons (Fsp3) is 0.611. The minimum atomic E-state index is 0.0588. The summed E-state index contributed by atoms with van der Waals surface area (Å²) in [6, 6.07) is 5.81. The summed E-state index contributed by atoms with van der Waals surface area (Å²) in [7, 11) is 0. The Hall–Kier alpha value is -2.13. The zero-order valence-electron chi connectivity index (χ0n) is 14.1. The number of carbonyl (C=O) groups is 1. The molecule has 1 N–H and O–H groups in total. The van der Waals surface area contributed by atoms with E-state index in [4.69, 9.17) is 10.00 Å². The molecule has 0 bridgehead atoms. The Balaban J connectivity index is 1.48. The van der Waals surface area contributed by atoms with Gasteiger partial charge in [0.25, 0.3) is 0 Å². The van der Waals surface area contributed by atoms with E-state index in [-0.39, 0.29) is 24.0 Å². The van der Waals surface area contributed by atoms with E-state index in [9.17, 15) is 4.79 Å². The molecule has 6 heteroatoms. The first-order valence-electron chi connectivity index (χ1n) is 8.70. The van der Waals surface area contributed by atoms with Gasteiger partial charge in [-0.25, -0.2) is 4.98 Å². The predicted octanol–water partition coefficient (Wildman–Crippen LogP) is 1.85. The van der Waals surface area contributed by atoms with E-state index in [0.717, 1.165) is 51.2 Å². The zero-order chi connectivity index (χ0) is 16.9. The SMILES string of the molecule is C[C@@H](NC(=O)C1CCN(c2ccc(C#N)cn2)CC1)[C@@H]1CCCO1. The smallest absolute Gasteiger partial charge is 0.223 e. The van der Waals surface area contributed by atoms with Crippen molar-refractivity contribution in [2.24, 2.45) is 5.92 Å². The van der Waals surface area contributed by atoms with Gasteiger partial charge in [-0.15, -0.1) is 0 Å². The number of nitrogens with one attached hydrogen (secondary N) is 1. The second-order valence-corrected chi connectivity index (χ2v) is 6.63. The van der Waals surface area contributed by atoms with Crippen molar-refractivity contribution in [2.45, 2.75) is 44.8 Å². The second-order valence-electron chi connectivity index (χ2n) is 6.63. The van der Waals surface area contributed by atoms with Crippen LogP contribution >= 0.6 is 0 Å². The van der Waals surface area contributed by atoms with Crippen LogP contribution in [0.2, 0.25) is 0 Å². The van der Waals surface area contributed by atoms with E-state index in [1.807, 2.05) is 13.0 Å². The lowest BCUT2D eigenvalue weighted by Gasteiger charge is -2.33. The first-order valence-corrected chi connectivity index (χ1v) is 8.70. The van der Waals surface area contributed by atoms with Crippen molar-refractivity contribution < 1.29 is 9.53 Å². The molecular formula is C18H24N4O2. The number of ether oxygens (including phenoxy) is 1. The normalized spacial score (nSPS) is 22.8. The van der Waals surface area contributed by atoms with Gasteiger partial charge in [-0.05, 0) is 44.7 Å². The predicted molar refractivity (Wildman–Crippen MR) is 90.5 cm³/mol. The highest BCUT2D eigenvalue weighted by atomic mass is 16.5. The first kappa shape index (κ1) is 16.7. The molecule has 24 heavy (non-hydrogen) atoms. The molecule has 2 saturated heterocycles. The van der Waals surface area contributed by atoms with Gasteiger partial charge >= 0.3 is 0 Å². The summed E-state index contributed by atoms with van der Waals surface area (Å²) >= 11 is 0. The van der Waals surface area contributed by atoms with E-state index in [1.54, 1.807) is 12.3 Å². The van der Waals surface area contributed by atoms with Crippen molar-refractivity contribution in [1.29, 1.82) is 5.26 Å². The summed E-state index contributed by atoms with van der Waals surface area (Å²) in [5.74, 6) is 1.08. The number of amides is 1. The first-order chi connectivity index (χ1) is 11.7. The Morgan fingerprint density at radius 1 is 1.42 bits per heavy atom. The van der Waals surface area contributed by atoms with Crippen LogP contribution in [-0.4, -0.2) is 42.7 Å². The lowest BCUT2D eigenvalue weighted by molar-refractivity contribution is -0.127.